The van der Waals surface area contributed by atoms with Crippen LogP contribution < -0.4 is 38.9 Å². The number of esters is 2. The van der Waals surface area contributed by atoms with Gasteiger partial charge in [0, 0.05) is 31.4 Å². The molecule has 15 rings (SSSR count). The second kappa shape index (κ2) is 45.3. The highest BCUT2D eigenvalue weighted by molar-refractivity contribution is 9.10. The number of rotatable bonds is 22. The van der Waals surface area contributed by atoms with Gasteiger partial charge in [0.25, 0.3) is 6.01 Å². The molecule has 1 heterocycles. The van der Waals surface area contributed by atoms with Crippen molar-refractivity contribution in [3.05, 3.63) is 294 Å². The summed E-state index contributed by atoms with van der Waals surface area (Å²) >= 11 is 3.32. The molecule has 0 aliphatic rings. The van der Waals surface area contributed by atoms with Gasteiger partial charge in [0.05, 0.1) is 88.1 Å². The van der Waals surface area contributed by atoms with Crippen molar-refractivity contribution in [3.8, 4) is 51.6 Å². The standard InChI is InChI=1S/2C16H16O4.C15H14N2O2.C14H13BrO2.2C14H14O3.C14H14O2/c1-10(20-11(2)17)16(18)15-13-7-5-4-6-12(13)8-9-14(15)19-3;1-10(17)16(20-11(2)18)15-13-7-5-4-6-12(13)8-9-14(15)19-3;1-9-14(19-15(16)17-9)13-11-6-4-3-5-10(11)7-8-12(13)18-2;3*1-9(15)14(16)13-11-6-4-3-5-10(11)7-8-12(13)17-2;1-3-12(15)14-11-7-5-4-6-10(11)8-9-13(14)16-2/h4-10H,1-3H3;4-9,16H,1-3H3;3-8H,1-2H3,(H2,16,17);3-9H,1-2H3;3-8,14,16H,1-2H3;3-9,15H,1-2H3;4-9H,3H2,1-2H3. The Kier molecular flexibility index (Phi) is 34.4. The van der Waals surface area contributed by atoms with E-state index in [1.165, 1.54) is 63.1 Å². The van der Waals surface area contributed by atoms with E-state index in [1.54, 1.807) is 52.5 Å². The number of halogens is 1. The van der Waals surface area contributed by atoms with Crippen LogP contribution in [0.1, 0.15) is 132 Å². The molecule has 126 heavy (non-hydrogen) atoms. The molecule has 0 amide bonds. The lowest BCUT2D eigenvalue weighted by molar-refractivity contribution is -0.152. The van der Waals surface area contributed by atoms with E-state index in [-0.39, 0.29) is 45.5 Å². The minimum atomic E-state index is -1.14. The number of aliphatic hydroxyl groups is 2. The van der Waals surface area contributed by atoms with Crippen molar-refractivity contribution in [2.75, 3.05) is 55.5 Å². The number of nitrogens with two attached hydrogens (primary N) is 1. The Balaban J connectivity index is 0.000000166. The molecule has 14 aromatic carbocycles. The summed E-state index contributed by atoms with van der Waals surface area (Å²) < 4.78 is 52.7. The molecule has 5 atom stereocenters. The molecule has 0 saturated heterocycles. The van der Waals surface area contributed by atoms with Crippen molar-refractivity contribution < 1.29 is 95.6 Å². The largest absolute Gasteiger partial charge is 0.496 e. The third-order valence-electron chi connectivity index (χ3n) is 20.3. The Hall–Kier alpha value is -14.1. The lowest BCUT2D eigenvalue weighted by Crippen LogP contribution is -2.23. The molecule has 0 aliphatic heterocycles. The number of nitrogen functional groups attached to an aromatic ring is 1. The maximum atomic E-state index is 12.5. The highest BCUT2D eigenvalue weighted by Crippen LogP contribution is 2.42. The number of aliphatic hydroxyl groups excluding tert-OH is 2. The first-order valence-electron chi connectivity index (χ1n) is 40.2. The number of oxazole rings is 1. The summed E-state index contributed by atoms with van der Waals surface area (Å²) in [7, 11) is 10.9. The first-order valence-corrected chi connectivity index (χ1v) is 41.1. The van der Waals surface area contributed by atoms with Gasteiger partial charge in [-0.15, -0.1) is 0 Å². The number of benzene rings is 14. The van der Waals surface area contributed by atoms with Crippen LogP contribution in [0.3, 0.4) is 0 Å². The van der Waals surface area contributed by atoms with Crippen molar-refractivity contribution in [3.63, 3.8) is 0 Å². The fourth-order valence-corrected chi connectivity index (χ4v) is 14.5. The number of anilines is 1. The number of Topliss-reactive ketones (excluding diaryl/α,β-unsaturated/α-hetero) is 6. The predicted molar refractivity (Wildman–Crippen MR) is 498 cm³/mol. The number of hydrogen-bond donors (Lipinski definition) is 3. The Morgan fingerprint density at radius 3 is 1.01 bits per heavy atom. The van der Waals surface area contributed by atoms with E-state index in [9.17, 15) is 48.6 Å². The summed E-state index contributed by atoms with van der Waals surface area (Å²) in [5.41, 5.74) is 10.6. The van der Waals surface area contributed by atoms with Crippen LogP contribution in [-0.4, -0.2) is 129 Å². The first-order chi connectivity index (χ1) is 60.5. The van der Waals surface area contributed by atoms with Crippen molar-refractivity contribution >= 4 is 144 Å². The number of ketones is 6. The van der Waals surface area contributed by atoms with Gasteiger partial charge in [-0.3, -0.25) is 38.4 Å². The highest BCUT2D eigenvalue weighted by Gasteiger charge is 2.29. The lowest BCUT2D eigenvalue weighted by atomic mass is 9.97. The zero-order chi connectivity index (χ0) is 91.6. The fraction of sp³-hybridized carbons (Fsp3) is 0.214. The van der Waals surface area contributed by atoms with E-state index in [4.69, 9.17) is 52.8 Å². The zero-order valence-corrected chi connectivity index (χ0v) is 74.6. The smallest absolute Gasteiger partial charge is 0.303 e. The van der Waals surface area contributed by atoms with E-state index in [2.05, 4.69) is 20.9 Å². The molecule has 0 aliphatic carbocycles. The average molecular weight is 1770 g/mol. The minimum Gasteiger partial charge on any atom is -0.496 e. The summed E-state index contributed by atoms with van der Waals surface area (Å²) in [5, 5.41) is 32.7. The molecule has 0 saturated carbocycles. The Morgan fingerprint density at radius 2 is 0.675 bits per heavy atom. The molecule has 0 fully saturated rings. The van der Waals surface area contributed by atoms with Crippen LogP contribution in [-0.2, 0) is 28.7 Å². The van der Waals surface area contributed by atoms with Crippen LogP contribution in [0.5, 0.6) is 40.2 Å². The second-order valence-electron chi connectivity index (χ2n) is 28.6. The molecule has 0 bridgehead atoms. The van der Waals surface area contributed by atoms with Crippen molar-refractivity contribution in [2.24, 2.45) is 0 Å². The number of carbonyl (C=O) groups is 8. The summed E-state index contributed by atoms with van der Waals surface area (Å²) in [6.07, 6.45) is -3.48. The molecule has 650 valence electrons. The van der Waals surface area contributed by atoms with E-state index in [0.717, 1.165) is 92.4 Å². The number of alkyl halides is 1. The van der Waals surface area contributed by atoms with E-state index >= 15 is 0 Å². The lowest BCUT2D eigenvalue weighted by Gasteiger charge is -2.19. The monoisotopic (exact) mass is 1760 g/mol. The predicted octanol–water partition coefficient (Wildman–Crippen LogP) is 21.6. The summed E-state index contributed by atoms with van der Waals surface area (Å²) in [6.45, 7) is 13.9. The molecular weight excluding hydrogens is 1670 g/mol. The quantitative estimate of drug-likeness (QED) is 0.0322. The summed E-state index contributed by atoms with van der Waals surface area (Å²) in [6, 6.07) is 80.4. The van der Waals surface area contributed by atoms with Crippen LogP contribution in [0.4, 0.5) is 6.01 Å². The van der Waals surface area contributed by atoms with Gasteiger partial charge in [-0.2, -0.15) is 4.98 Å². The Morgan fingerprint density at radius 1 is 0.373 bits per heavy atom. The van der Waals surface area contributed by atoms with Gasteiger partial charge < -0.3 is 63.0 Å². The van der Waals surface area contributed by atoms with Gasteiger partial charge in [-0.25, -0.2) is 0 Å². The molecule has 23 heteroatoms. The number of aromatic nitrogens is 1. The topological polar surface area (TPSA) is 312 Å². The maximum Gasteiger partial charge on any atom is 0.303 e. The number of aryl methyl sites for hydroxylation is 1. The molecular formula is C103H101BrN2O20. The number of fused-ring (bicyclic) bond motifs is 7. The van der Waals surface area contributed by atoms with Gasteiger partial charge in [0.1, 0.15) is 52.5 Å². The van der Waals surface area contributed by atoms with Crippen LogP contribution in [0, 0.1) is 6.92 Å². The number of methoxy groups -OCH3 is 7. The minimum absolute atomic E-state index is 0.0404. The Labute approximate surface area is 739 Å². The zero-order valence-electron chi connectivity index (χ0n) is 73.0. The summed E-state index contributed by atoms with van der Waals surface area (Å²) in [5.74, 6) is 2.79. The van der Waals surface area contributed by atoms with E-state index < -0.39 is 36.4 Å². The molecule has 5 unspecified atom stereocenters. The molecule has 1 aromatic heterocycles. The van der Waals surface area contributed by atoms with Crippen molar-refractivity contribution in [2.45, 2.75) is 98.0 Å². The average Bonchev–Trinajstić information content (AvgIpc) is 1.44. The van der Waals surface area contributed by atoms with Crippen LogP contribution in [0.15, 0.2) is 259 Å². The summed E-state index contributed by atoms with van der Waals surface area (Å²) in [4.78, 5) is 98.0. The van der Waals surface area contributed by atoms with E-state index in [1.807, 2.05) is 251 Å². The molecule has 15 aromatic rings. The molecule has 4 N–H and O–H groups in total. The van der Waals surface area contributed by atoms with Crippen LogP contribution in [0.2, 0.25) is 0 Å². The number of ether oxygens (including phenoxy) is 9. The number of hydrogen-bond acceptors (Lipinski definition) is 22. The first kappa shape index (κ1) is 95.7. The molecule has 0 radical (unpaired) electrons. The van der Waals surface area contributed by atoms with E-state index in [0.29, 0.717) is 80.1 Å². The van der Waals surface area contributed by atoms with Gasteiger partial charge in [-0.05, 0) is 159 Å². The van der Waals surface area contributed by atoms with Crippen LogP contribution >= 0.6 is 15.9 Å². The van der Waals surface area contributed by atoms with Gasteiger partial charge in [0.2, 0.25) is 5.78 Å². The van der Waals surface area contributed by atoms with Gasteiger partial charge in [-0.1, -0.05) is 235 Å². The van der Waals surface area contributed by atoms with Gasteiger partial charge in [0.15, 0.2) is 46.9 Å². The van der Waals surface area contributed by atoms with Crippen molar-refractivity contribution in [1.29, 1.82) is 0 Å². The maximum absolute atomic E-state index is 12.5. The van der Waals surface area contributed by atoms with Crippen LogP contribution in [0.25, 0.3) is 86.7 Å². The molecule has 22 nitrogen and oxygen atoms in total. The third-order valence-corrected chi connectivity index (χ3v) is 20.7. The third kappa shape index (κ3) is 23.0. The SMILES string of the molecule is CCC(=O)c1c(OC)ccc2ccccc12.COc1ccc2ccccc2c1-c1oc(N)nc1C.COc1ccc2ccccc2c1C(=O)C(C)Br.COc1ccc2ccccc2c1C(=O)C(C)O.COc1ccc2ccccc2c1C(=O)C(C)OC(C)=O.COc1ccc2ccccc2c1C(O)C(C)=O.COc1ccc2ccccc2c1C(OC(C)=O)C(C)=O. The highest BCUT2D eigenvalue weighted by atomic mass is 79.9. The fourth-order valence-electron chi connectivity index (χ4n) is 14.3. The van der Waals surface area contributed by atoms with Gasteiger partial charge >= 0.3 is 11.9 Å². The van der Waals surface area contributed by atoms with Crippen molar-refractivity contribution in [1.82, 2.24) is 4.98 Å². The number of carbonyl (C=O) groups excluding carboxylic acids is 8. The molecule has 0 spiro atoms. The second-order valence-corrected chi connectivity index (χ2v) is 30.0. The normalized spacial score (nSPS) is 11.8. The Bertz CT molecular complexity index is 6350. The number of nitrogens with zero attached hydrogens (tertiary/aromatic N) is 1.